The summed E-state index contributed by atoms with van der Waals surface area (Å²) >= 11 is 0. The van der Waals surface area contributed by atoms with Gasteiger partial charge in [0.1, 0.15) is 5.82 Å². The van der Waals surface area contributed by atoms with Gasteiger partial charge >= 0.3 is 5.97 Å². The molecule has 1 aliphatic rings. The average molecular weight is 367 g/mol. The van der Waals surface area contributed by atoms with E-state index in [1.165, 1.54) is 11.6 Å². The lowest BCUT2D eigenvalue weighted by molar-refractivity contribution is 0.0697. The summed E-state index contributed by atoms with van der Waals surface area (Å²) in [5.74, 6) is -0.362. The van der Waals surface area contributed by atoms with Gasteiger partial charge in [-0.25, -0.2) is 9.18 Å². The summed E-state index contributed by atoms with van der Waals surface area (Å²) in [5, 5.41) is 9.19. The Balaban J connectivity index is 1.87. The maximum absolute atomic E-state index is 13.8. The molecule has 0 unspecified atom stereocenters. The van der Waals surface area contributed by atoms with Gasteiger partial charge in [0.25, 0.3) is 0 Å². The molecule has 4 heteroatoms. The molecule has 2 atom stereocenters. The molecule has 3 rings (SSSR count). The summed E-state index contributed by atoms with van der Waals surface area (Å²) in [6.45, 7) is 0.975. The van der Waals surface area contributed by atoms with E-state index in [1.807, 2.05) is 12.1 Å². The normalized spacial score (nSPS) is 21.6. The van der Waals surface area contributed by atoms with Crippen molar-refractivity contribution in [3.63, 3.8) is 0 Å². The van der Waals surface area contributed by atoms with Crippen LogP contribution in [0.1, 0.15) is 46.7 Å². The fourth-order valence-electron chi connectivity index (χ4n) is 4.07. The Kier molecular flexibility index (Phi) is 6.07. The number of benzene rings is 2. The van der Waals surface area contributed by atoms with Crippen LogP contribution in [0.3, 0.4) is 0 Å². The molecule has 0 radical (unpaired) electrons. The largest absolute Gasteiger partial charge is 0.478 e. The van der Waals surface area contributed by atoms with E-state index in [9.17, 15) is 14.3 Å². The Morgan fingerprint density at radius 3 is 2.70 bits per heavy atom. The van der Waals surface area contributed by atoms with Crippen molar-refractivity contribution in [1.29, 1.82) is 0 Å². The van der Waals surface area contributed by atoms with E-state index in [-0.39, 0.29) is 11.7 Å². The zero-order valence-electron chi connectivity index (χ0n) is 15.9. The Hall–Kier alpha value is -2.46. The Morgan fingerprint density at radius 2 is 2.00 bits per heavy atom. The number of allylic oxidation sites excluding steroid dienone is 1. The molecule has 3 nitrogen and oxygen atoms in total. The molecule has 2 aromatic carbocycles. The zero-order valence-corrected chi connectivity index (χ0v) is 15.9. The van der Waals surface area contributed by atoms with E-state index < -0.39 is 5.97 Å². The summed E-state index contributed by atoms with van der Waals surface area (Å²) in [5.41, 5.74) is 3.55. The molecular weight excluding hydrogens is 341 g/mol. The molecule has 1 N–H and O–H groups in total. The number of nitrogens with zero attached hydrogens (tertiary/aromatic N) is 1. The first kappa shape index (κ1) is 19.3. The standard InChI is InChI=1S/C23H26FNO2/c1-25(2)15-20-10-9-17(11-16-5-3-7-19(12-16)23(26)27)13-22(20)18-6-4-8-21(24)14-18/h3-8,11-12,14,20,22H,9-10,13,15H2,1-2H3,(H,26,27)/t20-,22-/m1/s1. The molecular formula is C23H26FNO2. The van der Waals surface area contributed by atoms with Crippen LogP contribution in [-0.4, -0.2) is 36.6 Å². The maximum Gasteiger partial charge on any atom is 0.335 e. The van der Waals surface area contributed by atoms with Crippen molar-refractivity contribution in [2.24, 2.45) is 5.92 Å². The molecule has 1 aliphatic carbocycles. The van der Waals surface area contributed by atoms with Crippen molar-refractivity contribution >= 4 is 12.0 Å². The highest BCUT2D eigenvalue weighted by molar-refractivity contribution is 5.88. The van der Waals surface area contributed by atoms with Gasteiger partial charge in [0.05, 0.1) is 5.56 Å². The predicted molar refractivity (Wildman–Crippen MR) is 106 cm³/mol. The average Bonchev–Trinajstić information content (AvgIpc) is 2.63. The van der Waals surface area contributed by atoms with Gasteiger partial charge < -0.3 is 10.0 Å². The van der Waals surface area contributed by atoms with Crippen molar-refractivity contribution in [3.05, 3.63) is 76.6 Å². The van der Waals surface area contributed by atoms with Crippen LogP contribution in [0.15, 0.2) is 54.1 Å². The Morgan fingerprint density at radius 1 is 1.22 bits per heavy atom. The van der Waals surface area contributed by atoms with Gasteiger partial charge in [0, 0.05) is 6.54 Å². The summed E-state index contributed by atoms with van der Waals surface area (Å²) in [7, 11) is 4.15. The van der Waals surface area contributed by atoms with Crippen molar-refractivity contribution in [1.82, 2.24) is 4.90 Å². The van der Waals surface area contributed by atoms with Gasteiger partial charge in [-0.15, -0.1) is 0 Å². The topological polar surface area (TPSA) is 40.5 Å². The highest BCUT2D eigenvalue weighted by Crippen LogP contribution is 2.41. The smallest absolute Gasteiger partial charge is 0.335 e. The molecule has 1 fully saturated rings. The number of rotatable bonds is 5. The number of hydrogen-bond donors (Lipinski definition) is 1. The molecule has 0 saturated heterocycles. The fraction of sp³-hybridized carbons (Fsp3) is 0.348. The molecule has 0 spiro atoms. The second-order valence-electron chi connectivity index (χ2n) is 7.66. The van der Waals surface area contributed by atoms with Gasteiger partial charge in [-0.05, 0) is 80.6 Å². The van der Waals surface area contributed by atoms with Gasteiger partial charge in [0.15, 0.2) is 0 Å². The van der Waals surface area contributed by atoms with E-state index in [0.29, 0.717) is 11.5 Å². The minimum atomic E-state index is -0.914. The molecule has 0 heterocycles. The molecule has 0 bridgehead atoms. The first-order valence-corrected chi connectivity index (χ1v) is 9.35. The number of halogens is 1. The molecule has 27 heavy (non-hydrogen) atoms. The third-order valence-electron chi connectivity index (χ3n) is 5.27. The van der Waals surface area contributed by atoms with E-state index in [2.05, 4.69) is 25.1 Å². The van der Waals surface area contributed by atoms with E-state index in [0.717, 1.165) is 36.9 Å². The molecule has 142 valence electrons. The van der Waals surface area contributed by atoms with Crippen molar-refractivity contribution in [2.45, 2.75) is 25.2 Å². The number of carboxylic acids is 1. The summed E-state index contributed by atoms with van der Waals surface area (Å²) < 4.78 is 13.8. The van der Waals surface area contributed by atoms with Gasteiger partial charge in [0.2, 0.25) is 0 Å². The third kappa shape index (κ3) is 5.04. The van der Waals surface area contributed by atoms with E-state index in [4.69, 9.17) is 0 Å². The van der Waals surface area contributed by atoms with E-state index in [1.54, 1.807) is 30.3 Å². The minimum absolute atomic E-state index is 0.193. The lowest BCUT2D eigenvalue weighted by Crippen LogP contribution is -2.29. The van der Waals surface area contributed by atoms with Crippen molar-refractivity contribution in [3.8, 4) is 0 Å². The fourth-order valence-corrected chi connectivity index (χ4v) is 4.07. The highest BCUT2D eigenvalue weighted by atomic mass is 19.1. The summed E-state index contributed by atoms with van der Waals surface area (Å²) in [6, 6.07) is 14.0. The zero-order chi connectivity index (χ0) is 19.4. The molecule has 0 amide bonds. The van der Waals surface area contributed by atoms with Crippen LogP contribution >= 0.6 is 0 Å². The second kappa shape index (κ2) is 8.49. The van der Waals surface area contributed by atoms with E-state index >= 15 is 0 Å². The predicted octanol–water partition coefficient (Wildman–Crippen LogP) is 5.05. The number of carbonyl (C=O) groups is 1. The maximum atomic E-state index is 13.8. The molecule has 0 aromatic heterocycles. The van der Waals surface area contributed by atoms with Crippen LogP contribution in [0.4, 0.5) is 4.39 Å². The van der Waals surface area contributed by atoms with Crippen LogP contribution < -0.4 is 0 Å². The van der Waals surface area contributed by atoms with Crippen molar-refractivity contribution < 1.29 is 14.3 Å². The van der Waals surface area contributed by atoms with Crippen LogP contribution in [-0.2, 0) is 0 Å². The second-order valence-corrected chi connectivity index (χ2v) is 7.66. The van der Waals surface area contributed by atoms with Crippen LogP contribution in [0.5, 0.6) is 0 Å². The monoisotopic (exact) mass is 367 g/mol. The molecule has 2 aromatic rings. The number of carboxylic acid groups (broad SMARTS) is 1. The third-order valence-corrected chi connectivity index (χ3v) is 5.27. The molecule has 0 aliphatic heterocycles. The van der Waals surface area contributed by atoms with Gasteiger partial charge in [-0.2, -0.15) is 0 Å². The quantitative estimate of drug-likeness (QED) is 0.804. The van der Waals surface area contributed by atoms with Crippen LogP contribution in [0.2, 0.25) is 0 Å². The lowest BCUT2D eigenvalue weighted by atomic mass is 9.73. The number of aromatic carboxylic acids is 1. The Labute approximate surface area is 160 Å². The van der Waals surface area contributed by atoms with Gasteiger partial charge in [-0.3, -0.25) is 0 Å². The SMILES string of the molecule is CN(C)C[C@H]1CCC(=Cc2cccc(C(=O)O)c2)C[C@@H]1c1cccc(F)c1. The molecule has 1 saturated carbocycles. The highest BCUT2D eigenvalue weighted by Gasteiger charge is 2.29. The first-order chi connectivity index (χ1) is 12.9. The number of hydrogen-bond acceptors (Lipinski definition) is 2. The summed E-state index contributed by atoms with van der Waals surface area (Å²) in [4.78, 5) is 13.4. The van der Waals surface area contributed by atoms with Crippen LogP contribution in [0, 0.1) is 11.7 Å². The summed E-state index contributed by atoms with van der Waals surface area (Å²) in [6.07, 6.45) is 5.01. The lowest BCUT2D eigenvalue weighted by Gasteiger charge is -2.35. The minimum Gasteiger partial charge on any atom is -0.478 e. The first-order valence-electron chi connectivity index (χ1n) is 9.35. The Bertz CT molecular complexity index is 844. The van der Waals surface area contributed by atoms with Crippen molar-refractivity contribution in [2.75, 3.05) is 20.6 Å². The van der Waals surface area contributed by atoms with Crippen LogP contribution in [0.25, 0.3) is 6.08 Å². The van der Waals surface area contributed by atoms with Gasteiger partial charge in [-0.1, -0.05) is 35.9 Å².